The second-order valence-corrected chi connectivity index (χ2v) is 4.54. The van der Waals surface area contributed by atoms with Crippen LogP contribution in [0.5, 0.6) is 0 Å². The van der Waals surface area contributed by atoms with Gasteiger partial charge in [0.25, 0.3) is 0 Å². The third-order valence-electron chi connectivity index (χ3n) is 2.90. The van der Waals surface area contributed by atoms with Crippen molar-refractivity contribution in [2.24, 2.45) is 0 Å². The van der Waals surface area contributed by atoms with E-state index in [9.17, 15) is 0 Å². The fourth-order valence-corrected chi connectivity index (χ4v) is 1.80. The first-order valence-corrected chi connectivity index (χ1v) is 6.70. The minimum absolute atomic E-state index is 0.629. The zero-order valence-electron chi connectivity index (χ0n) is 11.8. The van der Waals surface area contributed by atoms with Gasteiger partial charge in [-0.25, -0.2) is 5.48 Å². The summed E-state index contributed by atoms with van der Waals surface area (Å²) in [6, 6.07) is 6.58. The van der Waals surface area contributed by atoms with Crippen LogP contribution in [0.25, 0.3) is 0 Å². The van der Waals surface area contributed by atoms with E-state index in [4.69, 9.17) is 9.57 Å². The lowest BCUT2D eigenvalue weighted by Gasteiger charge is -2.09. The molecule has 1 rings (SSSR count). The lowest BCUT2D eigenvalue weighted by atomic mass is 10.0. The minimum atomic E-state index is 0.629. The van der Waals surface area contributed by atoms with E-state index in [-0.39, 0.29) is 0 Å². The molecule has 0 atom stereocenters. The molecule has 0 saturated carbocycles. The Morgan fingerprint density at radius 3 is 2.78 bits per heavy atom. The topological polar surface area (TPSA) is 30.5 Å². The zero-order chi connectivity index (χ0) is 13.2. The zero-order valence-corrected chi connectivity index (χ0v) is 11.8. The quantitative estimate of drug-likeness (QED) is 0.540. The highest BCUT2D eigenvalue weighted by Crippen LogP contribution is 2.13. The number of aryl methyl sites for hydroxylation is 2. The summed E-state index contributed by atoms with van der Waals surface area (Å²) >= 11 is 0. The Morgan fingerprint density at radius 1 is 1.28 bits per heavy atom. The van der Waals surface area contributed by atoms with Gasteiger partial charge in [0.05, 0.1) is 6.61 Å². The van der Waals surface area contributed by atoms with Crippen LogP contribution in [-0.2, 0) is 22.6 Å². The van der Waals surface area contributed by atoms with Crippen LogP contribution in [0, 0.1) is 6.92 Å². The monoisotopic (exact) mass is 251 g/mol. The molecule has 0 saturated heterocycles. The molecule has 0 aliphatic carbocycles. The third-order valence-corrected chi connectivity index (χ3v) is 2.90. The van der Waals surface area contributed by atoms with E-state index in [1.807, 2.05) is 0 Å². The molecule has 0 heterocycles. The highest BCUT2D eigenvalue weighted by molar-refractivity contribution is 5.30. The Morgan fingerprint density at radius 2 is 2.11 bits per heavy atom. The molecule has 0 aliphatic rings. The third kappa shape index (κ3) is 5.63. The number of hydrogen-bond donors (Lipinski definition) is 1. The summed E-state index contributed by atoms with van der Waals surface area (Å²) in [6.45, 7) is 6.61. The maximum atomic E-state index is 5.41. The summed E-state index contributed by atoms with van der Waals surface area (Å²) in [5.74, 6) is 0. The van der Waals surface area contributed by atoms with E-state index < -0.39 is 0 Å². The largest absolute Gasteiger partial charge is 0.385 e. The van der Waals surface area contributed by atoms with Gasteiger partial charge < -0.3 is 4.74 Å². The van der Waals surface area contributed by atoms with E-state index in [1.165, 1.54) is 16.7 Å². The van der Waals surface area contributed by atoms with Crippen molar-refractivity contribution in [2.75, 3.05) is 20.3 Å². The van der Waals surface area contributed by atoms with E-state index in [0.717, 1.165) is 32.4 Å². The second-order valence-electron chi connectivity index (χ2n) is 4.54. The van der Waals surface area contributed by atoms with Gasteiger partial charge in [-0.05, 0) is 42.9 Å². The van der Waals surface area contributed by atoms with Gasteiger partial charge in [-0.15, -0.1) is 0 Å². The van der Waals surface area contributed by atoms with Gasteiger partial charge in [-0.3, -0.25) is 4.84 Å². The summed E-state index contributed by atoms with van der Waals surface area (Å²) in [5.41, 5.74) is 6.86. The molecule has 0 radical (unpaired) electrons. The lowest BCUT2D eigenvalue weighted by molar-refractivity contribution is 0.0280. The van der Waals surface area contributed by atoms with Gasteiger partial charge in [0, 0.05) is 20.3 Å². The predicted molar refractivity (Wildman–Crippen MR) is 74.5 cm³/mol. The number of methoxy groups -OCH3 is 1. The molecule has 3 heteroatoms. The fraction of sp³-hybridized carbons (Fsp3) is 0.600. The number of hydroxylamine groups is 1. The summed E-state index contributed by atoms with van der Waals surface area (Å²) in [7, 11) is 1.75. The molecule has 0 fully saturated rings. The van der Waals surface area contributed by atoms with Gasteiger partial charge in [0.2, 0.25) is 0 Å². The van der Waals surface area contributed by atoms with Crippen molar-refractivity contribution in [3.05, 3.63) is 34.9 Å². The van der Waals surface area contributed by atoms with E-state index >= 15 is 0 Å². The molecule has 18 heavy (non-hydrogen) atoms. The standard InChI is InChI=1S/C15H25NO2/c1-4-9-16-18-12-15-8-7-14(11-13(15)2)6-5-10-17-3/h7-8,11,16H,4-6,9-10,12H2,1-3H3. The van der Waals surface area contributed by atoms with Crippen molar-refractivity contribution in [1.29, 1.82) is 0 Å². The first kappa shape index (κ1) is 15.2. The van der Waals surface area contributed by atoms with Gasteiger partial charge in [0.15, 0.2) is 0 Å². The van der Waals surface area contributed by atoms with Crippen LogP contribution in [0.15, 0.2) is 18.2 Å². The van der Waals surface area contributed by atoms with Crippen LogP contribution < -0.4 is 5.48 Å². The molecule has 1 aromatic carbocycles. The predicted octanol–water partition coefficient (Wildman–Crippen LogP) is 3.01. The van der Waals surface area contributed by atoms with E-state index in [1.54, 1.807) is 7.11 Å². The molecule has 1 N–H and O–H groups in total. The Bertz CT molecular complexity index is 339. The Labute approximate surface area is 110 Å². The molecule has 0 bridgehead atoms. The molecular weight excluding hydrogens is 226 g/mol. The number of hydrogen-bond acceptors (Lipinski definition) is 3. The van der Waals surface area contributed by atoms with Crippen molar-refractivity contribution in [2.45, 2.75) is 39.7 Å². The summed E-state index contributed by atoms with van der Waals surface area (Å²) in [6.07, 6.45) is 3.23. The minimum Gasteiger partial charge on any atom is -0.385 e. The Hall–Kier alpha value is -0.900. The van der Waals surface area contributed by atoms with Crippen molar-refractivity contribution < 1.29 is 9.57 Å². The SMILES string of the molecule is CCCNOCc1ccc(CCCOC)cc1C. The van der Waals surface area contributed by atoms with Crippen LogP contribution in [0.1, 0.15) is 36.5 Å². The molecule has 0 spiro atoms. The molecular formula is C15H25NO2. The van der Waals surface area contributed by atoms with Crippen LogP contribution in [0.3, 0.4) is 0 Å². The second kappa shape index (κ2) is 9.09. The molecule has 0 unspecified atom stereocenters. The molecule has 0 aliphatic heterocycles. The maximum Gasteiger partial charge on any atom is 0.0935 e. The van der Waals surface area contributed by atoms with E-state index in [0.29, 0.717) is 6.61 Å². The first-order valence-electron chi connectivity index (χ1n) is 6.70. The highest BCUT2D eigenvalue weighted by atomic mass is 16.6. The fourth-order valence-electron chi connectivity index (χ4n) is 1.80. The van der Waals surface area contributed by atoms with Crippen molar-refractivity contribution in [1.82, 2.24) is 5.48 Å². The Balaban J connectivity index is 2.41. The summed E-state index contributed by atoms with van der Waals surface area (Å²) in [4.78, 5) is 5.41. The average molecular weight is 251 g/mol. The van der Waals surface area contributed by atoms with Gasteiger partial charge in [-0.2, -0.15) is 0 Å². The first-order chi connectivity index (χ1) is 8.77. The average Bonchev–Trinajstić information content (AvgIpc) is 2.37. The van der Waals surface area contributed by atoms with Gasteiger partial charge >= 0.3 is 0 Å². The molecule has 0 aromatic heterocycles. The Kier molecular flexibility index (Phi) is 7.65. The van der Waals surface area contributed by atoms with Crippen molar-refractivity contribution in [3.8, 4) is 0 Å². The normalized spacial score (nSPS) is 10.8. The molecule has 0 amide bonds. The highest BCUT2D eigenvalue weighted by Gasteiger charge is 2.01. The summed E-state index contributed by atoms with van der Waals surface area (Å²) < 4.78 is 5.07. The number of benzene rings is 1. The van der Waals surface area contributed by atoms with Crippen LogP contribution in [0.4, 0.5) is 0 Å². The number of ether oxygens (including phenoxy) is 1. The van der Waals surface area contributed by atoms with Crippen LogP contribution in [0.2, 0.25) is 0 Å². The van der Waals surface area contributed by atoms with Crippen LogP contribution >= 0.6 is 0 Å². The molecule has 1 aromatic rings. The van der Waals surface area contributed by atoms with E-state index in [2.05, 4.69) is 37.5 Å². The van der Waals surface area contributed by atoms with Gasteiger partial charge in [0.1, 0.15) is 0 Å². The maximum absolute atomic E-state index is 5.41. The van der Waals surface area contributed by atoms with Crippen LogP contribution in [-0.4, -0.2) is 20.3 Å². The molecule has 3 nitrogen and oxygen atoms in total. The molecule has 102 valence electrons. The smallest absolute Gasteiger partial charge is 0.0935 e. The number of rotatable bonds is 9. The lowest BCUT2D eigenvalue weighted by Crippen LogP contribution is -2.15. The number of nitrogens with one attached hydrogen (secondary N) is 1. The van der Waals surface area contributed by atoms with Gasteiger partial charge in [-0.1, -0.05) is 25.1 Å². The summed E-state index contributed by atoms with van der Waals surface area (Å²) in [5, 5.41) is 0. The van der Waals surface area contributed by atoms with Crippen molar-refractivity contribution in [3.63, 3.8) is 0 Å². The van der Waals surface area contributed by atoms with Crippen molar-refractivity contribution >= 4 is 0 Å².